The number of rotatable bonds is 5. The Bertz CT molecular complexity index is 107. The molecule has 0 N–H and O–H groups in total. The SMILES string of the molecule is CCC(C)CCC(C)C1CO1. The van der Waals surface area contributed by atoms with E-state index in [2.05, 4.69) is 20.8 Å². The average Bonchev–Trinajstić information content (AvgIpc) is 2.81. The second-order valence-electron chi connectivity index (χ2n) is 3.94. The molecule has 1 saturated heterocycles. The minimum absolute atomic E-state index is 0.610. The first-order valence-corrected chi connectivity index (χ1v) is 4.85. The zero-order valence-corrected chi connectivity index (χ0v) is 7.97. The van der Waals surface area contributed by atoms with Gasteiger partial charge in [0, 0.05) is 0 Å². The first-order valence-electron chi connectivity index (χ1n) is 4.85. The van der Waals surface area contributed by atoms with Crippen LogP contribution in [0.3, 0.4) is 0 Å². The lowest BCUT2D eigenvalue weighted by molar-refractivity contribution is 0.313. The summed E-state index contributed by atoms with van der Waals surface area (Å²) in [5.41, 5.74) is 0. The Kier molecular flexibility index (Phi) is 3.38. The summed E-state index contributed by atoms with van der Waals surface area (Å²) < 4.78 is 5.24. The van der Waals surface area contributed by atoms with Crippen LogP contribution >= 0.6 is 0 Å². The van der Waals surface area contributed by atoms with Gasteiger partial charge in [-0.15, -0.1) is 0 Å². The van der Waals surface area contributed by atoms with Crippen molar-refractivity contribution in [2.75, 3.05) is 6.61 Å². The predicted octanol–water partition coefficient (Wildman–Crippen LogP) is 2.85. The summed E-state index contributed by atoms with van der Waals surface area (Å²) >= 11 is 0. The molecule has 1 heteroatoms. The van der Waals surface area contributed by atoms with E-state index in [0.29, 0.717) is 6.10 Å². The fraction of sp³-hybridized carbons (Fsp3) is 1.00. The molecule has 0 spiro atoms. The normalized spacial score (nSPS) is 28.1. The van der Waals surface area contributed by atoms with Gasteiger partial charge in [0.05, 0.1) is 12.7 Å². The van der Waals surface area contributed by atoms with Crippen LogP contribution in [0, 0.1) is 11.8 Å². The van der Waals surface area contributed by atoms with Gasteiger partial charge in [-0.1, -0.05) is 33.6 Å². The molecule has 1 nitrogen and oxygen atoms in total. The predicted molar refractivity (Wildman–Crippen MR) is 47.6 cm³/mol. The first kappa shape index (κ1) is 9.05. The van der Waals surface area contributed by atoms with Crippen molar-refractivity contribution in [3.63, 3.8) is 0 Å². The smallest absolute Gasteiger partial charge is 0.0835 e. The minimum Gasteiger partial charge on any atom is -0.373 e. The molecule has 3 atom stereocenters. The molecule has 0 radical (unpaired) electrons. The van der Waals surface area contributed by atoms with Crippen LogP contribution in [0.4, 0.5) is 0 Å². The van der Waals surface area contributed by atoms with Gasteiger partial charge in [-0.25, -0.2) is 0 Å². The second kappa shape index (κ2) is 4.10. The summed E-state index contributed by atoms with van der Waals surface area (Å²) in [6.45, 7) is 7.92. The van der Waals surface area contributed by atoms with Crippen LogP contribution in [0.2, 0.25) is 0 Å². The van der Waals surface area contributed by atoms with Gasteiger partial charge in [-0.3, -0.25) is 0 Å². The van der Waals surface area contributed by atoms with E-state index in [-0.39, 0.29) is 0 Å². The van der Waals surface area contributed by atoms with E-state index in [1.54, 1.807) is 0 Å². The Morgan fingerprint density at radius 2 is 2.00 bits per heavy atom. The Morgan fingerprint density at radius 1 is 1.36 bits per heavy atom. The summed E-state index contributed by atoms with van der Waals surface area (Å²) in [4.78, 5) is 0. The Balaban J connectivity index is 2.00. The van der Waals surface area contributed by atoms with Crippen LogP contribution in [-0.2, 0) is 4.74 Å². The Labute approximate surface area is 70.1 Å². The molecule has 0 saturated carbocycles. The molecule has 0 aromatic rings. The summed E-state index contributed by atoms with van der Waals surface area (Å²) in [5.74, 6) is 1.69. The molecule has 0 aromatic heterocycles. The monoisotopic (exact) mass is 156 g/mol. The quantitative estimate of drug-likeness (QED) is 0.558. The third kappa shape index (κ3) is 3.24. The van der Waals surface area contributed by atoms with E-state index < -0.39 is 0 Å². The Morgan fingerprint density at radius 3 is 2.45 bits per heavy atom. The van der Waals surface area contributed by atoms with Gasteiger partial charge in [0.2, 0.25) is 0 Å². The lowest BCUT2D eigenvalue weighted by Gasteiger charge is -2.11. The van der Waals surface area contributed by atoms with Gasteiger partial charge in [-0.05, 0) is 18.3 Å². The number of hydrogen-bond donors (Lipinski definition) is 0. The van der Waals surface area contributed by atoms with Gasteiger partial charge >= 0.3 is 0 Å². The zero-order chi connectivity index (χ0) is 8.27. The third-order valence-corrected chi connectivity index (χ3v) is 2.81. The molecule has 1 heterocycles. The summed E-state index contributed by atoms with van der Waals surface area (Å²) in [7, 11) is 0. The van der Waals surface area contributed by atoms with E-state index in [4.69, 9.17) is 4.74 Å². The first-order chi connectivity index (χ1) is 5.24. The van der Waals surface area contributed by atoms with E-state index in [9.17, 15) is 0 Å². The van der Waals surface area contributed by atoms with Crippen LogP contribution < -0.4 is 0 Å². The maximum atomic E-state index is 5.24. The van der Waals surface area contributed by atoms with Crippen molar-refractivity contribution in [2.24, 2.45) is 11.8 Å². The molecule has 0 amide bonds. The van der Waals surface area contributed by atoms with Crippen molar-refractivity contribution in [3.8, 4) is 0 Å². The lowest BCUT2D eigenvalue weighted by atomic mass is 9.95. The summed E-state index contributed by atoms with van der Waals surface area (Å²) in [6, 6.07) is 0. The minimum atomic E-state index is 0.610. The molecular formula is C10H20O. The van der Waals surface area contributed by atoms with E-state index in [0.717, 1.165) is 18.4 Å². The molecular weight excluding hydrogens is 136 g/mol. The van der Waals surface area contributed by atoms with E-state index in [1.807, 2.05) is 0 Å². The topological polar surface area (TPSA) is 12.5 Å². The maximum Gasteiger partial charge on any atom is 0.0835 e. The van der Waals surface area contributed by atoms with Crippen molar-refractivity contribution in [1.29, 1.82) is 0 Å². The van der Waals surface area contributed by atoms with Crippen molar-refractivity contribution in [2.45, 2.75) is 46.1 Å². The van der Waals surface area contributed by atoms with Crippen molar-refractivity contribution >= 4 is 0 Å². The summed E-state index contributed by atoms with van der Waals surface area (Å²) in [6.07, 6.45) is 4.65. The molecule has 1 aliphatic heterocycles. The fourth-order valence-corrected chi connectivity index (χ4v) is 1.32. The highest BCUT2D eigenvalue weighted by molar-refractivity contribution is 4.76. The van der Waals surface area contributed by atoms with Crippen molar-refractivity contribution in [3.05, 3.63) is 0 Å². The third-order valence-electron chi connectivity index (χ3n) is 2.81. The van der Waals surface area contributed by atoms with Gasteiger partial charge in [0.25, 0.3) is 0 Å². The standard InChI is InChI=1S/C10H20O/c1-4-8(2)5-6-9(3)10-7-11-10/h8-10H,4-7H2,1-3H3. The number of ether oxygens (including phenoxy) is 1. The lowest BCUT2D eigenvalue weighted by Crippen LogP contribution is -2.05. The van der Waals surface area contributed by atoms with Gasteiger partial charge < -0.3 is 4.74 Å². The average molecular weight is 156 g/mol. The largest absolute Gasteiger partial charge is 0.373 e. The van der Waals surface area contributed by atoms with Crippen LogP contribution in [0.1, 0.15) is 40.0 Å². The number of hydrogen-bond acceptors (Lipinski definition) is 1. The Hall–Kier alpha value is -0.0400. The van der Waals surface area contributed by atoms with Crippen molar-refractivity contribution < 1.29 is 4.74 Å². The molecule has 0 bridgehead atoms. The number of epoxide rings is 1. The van der Waals surface area contributed by atoms with Crippen LogP contribution in [0.5, 0.6) is 0 Å². The van der Waals surface area contributed by atoms with Crippen molar-refractivity contribution in [1.82, 2.24) is 0 Å². The zero-order valence-electron chi connectivity index (χ0n) is 7.97. The molecule has 1 aliphatic rings. The molecule has 0 aliphatic carbocycles. The highest BCUT2D eigenvalue weighted by atomic mass is 16.6. The highest BCUT2D eigenvalue weighted by Gasteiger charge is 2.28. The van der Waals surface area contributed by atoms with E-state index in [1.165, 1.54) is 19.3 Å². The molecule has 3 unspecified atom stereocenters. The molecule has 66 valence electrons. The highest BCUT2D eigenvalue weighted by Crippen LogP contribution is 2.25. The fourth-order valence-electron chi connectivity index (χ4n) is 1.32. The van der Waals surface area contributed by atoms with Gasteiger partial charge in [0.15, 0.2) is 0 Å². The van der Waals surface area contributed by atoms with Crippen LogP contribution in [0.15, 0.2) is 0 Å². The molecule has 0 aromatic carbocycles. The van der Waals surface area contributed by atoms with Crippen LogP contribution in [0.25, 0.3) is 0 Å². The second-order valence-corrected chi connectivity index (χ2v) is 3.94. The maximum absolute atomic E-state index is 5.24. The van der Waals surface area contributed by atoms with E-state index >= 15 is 0 Å². The molecule has 1 fully saturated rings. The molecule has 1 rings (SSSR count). The van der Waals surface area contributed by atoms with Gasteiger partial charge in [0.1, 0.15) is 0 Å². The summed E-state index contributed by atoms with van der Waals surface area (Å²) in [5, 5.41) is 0. The van der Waals surface area contributed by atoms with Gasteiger partial charge in [-0.2, -0.15) is 0 Å². The van der Waals surface area contributed by atoms with Crippen LogP contribution in [-0.4, -0.2) is 12.7 Å². The molecule has 11 heavy (non-hydrogen) atoms.